The van der Waals surface area contributed by atoms with E-state index in [0.717, 1.165) is 35.1 Å². The lowest BCUT2D eigenvalue weighted by Gasteiger charge is -2.30. The average molecular weight is 363 g/mol. The second-order valence-corrected chi connectivity index (χ2v) is 7.22. The first kappa shape index (κ1) is 17.7. The number of nitrogens with zero attached hydrogens (tertiary/aromatic N) is 1. The molecule has 4 rings (SSSR count). The standard InChI is InChI=1S/C23H25NO3/c1-24(17-10-4-2-5-11-17)23(25)22-20(16-26-18-12-6-3-7-13-18)19-14-8-9-15-21(19)27-22/h3,6-9,12-15,17H,2,4-5,10-11,16H2,1H3. The normalized spacial score (nSPS) is 15.0. The molecule has 0 saturated heterocycles. The minimum absolute atomic E-state index is 0.0511. The Bertz CT molecular complexity index is 910. The Morgan fingerprint density at radius 3 is 2.52 bits per heavy atom. The summed E-state index contributed by atoms with van der Waals surface area (Å²) in [7, 11) is 1.90. The van der Waals surface area contributed by atoms with Crippen LogP contribution >= 0.6 is 0 Å². The molecule has 1 heterocycles. The predicted octanol–water partition coefficient (Wildman–Crippen LogP) is 5.42. The van der Waals surface area contributed by atoms with Crippen molar-refractivity contribution in [3.8, 4) is 5.75 Å². The second-order valence-electron chi connectivity index (χ2n) is 7.22. The first-order valence-electron chi connectivity index (χ1n) is 9.69. The number of amides is 1. The number of carbonyl (C=O) groups is 1. The van der Waals surface area contributed by atoms with Gasteiger partial charge in [0.15, 0.2) is 5.76 Å². The molecule has 4 heteroatoms. The van der Waals surface area contributed by atoms with Crippen molar-refractivity contribution in [2.24, 2.45) is 0 Å². The van der Waals surface area contributed by atoms with Crippen molar-refractivity contribution in [3.63, 3.8) is 0 Å². The van der Waals surface area contributed by atoms with E-state index in [2.05, 4.69) is 0 Å². The van der Waals surface area contributed by atoms with Crippen LogP contribution in [0.1, 0.15) is 48.2 Å². The predicted molar refractivity (Wildman–Crippen MR) is 106 cm³/mol. The van der Waals surface area contributed by atoms with Crippen molar-refractivity contribution < 1.29 is 13.9 Å². The minimum atomic E-state index is -0.0511. The molecule has 4 nitrogen and oxygen atoms in total. The first-order chi connectivity index (χ1) is 13.2. The summed E-state index contributed by atoms with van der Waals surface area (Å²) in [4.78, 5) is 15.1. The molecular weight excluding hydrogens is 338 g/mol. The zero-order chi connectivity index (χ0) is 18.6. The third kappa shape index (κ3) is 3.70. The largest absolute Gasteiger partial charge is 0.489 e. The van der Waals surface area contributed by atoms with Gasteiger partial charge < -0.3 is 14.1 Å². The van der Waals surface area contributed by atoms with E-state index < -0.39 is 0 Å². The van der Waals surface area contributed by atoms with Crippen LogP contribution in [-0.2, 0) is 6.61 Å². The third-order valence-corrected chi connectivity index (χ3v) is 5.46. The number of carbonyl (C=O) groups excluding carboxylic acids is 1. The molecule has 0 radical (unpaired) electrons. The summed E-state index contributed by atoms with van der Waals surface area (Å²) in [5.41, 5.74) is 1.55. The number of fused-ring (bicyclic) bond motifs is 1. The first-order valence-corrected chi connectivity index (χ1v) is 9.69. The minimum Gasteiger partial charge on any atom is -0.489 e. The number of furan rings is 1. The molecule has 2 aromatic carbocycles. The van der Waals surface area contributed by atoms with Crippen molar-refractivity contribution >= 4 is 16.9 Å². The second kappa shape index (κ2) is 7.87. The molecule has 1 amide bonds. The van der Waals surface area contributed by atoms with Crippen molar-refractivity contribution in [1.82, 2.24) is 4.90 Å². The number of para-hydroxylation sites is 2. The van der Waals surface area contributed by atoms with E-state index >= 15 is 0 Å². The molecule has 0 unspecified atom stereocenters. The molecule has 0 spiro atoms. The Labute approximate surface area is 159 Å². The lowest BCUT2D eigenvalue weighted by Crippen LogP contribution is -2.38. The number of benzene rings is 2. The molecule has 0 bridgehead atoms. The van der Waals surface area contributed by atoms with E-state index in [1.807, 2.05) is 66.5 Å². The Kier molecular flexibility index (Phi) is 5.14. The van der Waals surface area contributed by atoms with E-state index in [1.165, 1.54) is 19.3 Å². The number of ether oxygens (including phenoxy) is 1. The highest BCUT2D eigenvalue weighted by atomic mass is 16.5. The van der Waals surface area contributed by atoms with Crippen LogP contribution in [-0.4, -0.2) is 23.9 Å². The van der Waals surface area contributed by atoms with Gasteiger partial charge in [-0.1, -0.05) is 55.7 Å². The van der Waals surface area contributed by atoms with Crippen LogP contribution in [0.3, 0.4) is 0 Å². The highest BCUT2D eigenvalue weighted by Crippen LogP contribution is 2.30. The highest BCUT2D eigenvalue weighted by molar-refractivity contribution is 5.99. The molecule has 0 atom stereocenters. The molecule has 0 N–H and O–H groups in total. The van der Waals surface area contributed by atoms with Crippen molar-refractivity contribution in [2.75, 3.05) is 7.05 Å². The smallest absolute Gasteiger partial charge is 0.290 e. The van der Waals surface area contributed by atoms with Gasteiger partial charge in [-0.3, -0.25) is 4.79 Å². The topological polar surface area (TPSA) is 42.7 Å². The molecule has 1 saturated carbocycles. The maximum Gasteiger partial charge on any atom is 0.290 e. The van der Waals surface area contributed by atoms with Crippen LogP contribution in [0.2, 0.25) is 0 Å². The van der Waals surface area contributed by atoms with Gasteiger partial charge in [-0.05, 0) is 31.0 Å². The van der Waals surface area contributed by atoms with Gasteiger partial charge >= 0.3 is 0 Å². The molecular formula is C23H25NO3. The van der Waals surface area contributed by atoms with E-state index in [9.17, 15) is 4.79 Å². The van der Waals surface area contributed by atoms with Crippen LogP contribution in [0.4, 0.5) is 0 Å². The number of hydrogen-bond acceptors (Lipinski definition) is 3. The summed E-state index contributed by atoms with van der Waals surface area (Å²) in [6.07, 6.45) is 5.77. The molecule has 1 aliphatic rings. The maximum absolute atomic E-state index is 13.2. The van der Waals surface area contributed by atoms with Gasteiger partial charge in [0.1, 0.15) is 17.9 Å². The Morgan fingerprint density at radius 1 is 1.04 bits per heavy atom. The maximum atomic E-state index is 13.2. The summed E-state index contributed by atoms with van der Waals surface area (Å²) < 4.78 is 11.9. The summed E-state index contributed by atoms with van der Waals surface area (Å²) in [5.74, 6) is 1.13. The van der Waals surface area contributed by atoms with Gasteiger partial charge in [-0.2, -0.15) is 0 Å². The third-order valence-electron chi connectivity index (χ3n) is 5.46. The van der Waals surface area contributed by atoms with Crippen LogP contribution in [0.5, 0.6) is 5.75 Å². The fourth-order valence-electron chi connectivity index (χ4n) is 3.88. The van der Waals surface area contributed by atoms with Crippen molar-refractivity contribution in [3.05, 3.63) is 65.9 Å². The Morgan fingerprint density at radius 2 is 1.74 bits per heavy atom. The average Bonchev–Trinajstić information content (AvgIpc) is 3.11. The van der Waals surface area contributed by atoms with Gasteiger partial charge in [0.05, 0.1) is 0 Å². The number of hydrogen-bond donors (Lipinski definition) is 0. The molecule has 0 aliphatic heterocycles. The molecule has 1 aromatic heterocycles. The van der Waals surface area contributed by atoms with Crippen molar-refractivity contribution in [1.29, 1.82) is 0 Å². The zero-order valence-corrected chi connectivity index (χ0v) is 15.7. The van der Waals surface area contributed by atoms with E-state index in [1.54, 1.807) is 0 Å². The van der Waals surface area contributed by atoms with Crippen LogP contribution < -0.4 is 4.74 Å². The van der Waals surface area contributed by atoms with Crippen LogP contribution in [0, 0.1) is 0 Å². The molecule has 27 heavy (non-hydrogen) atoms. The molecule has 140 valence electrons. The summed E-state index contributed by atoms with van der Waals surface area (Å²) in [6.45, 7) is 0.306. The summed E-state index contributed by atoms with van der Waals surface area (Å²) >= 11 is 0. The highest BCUT2D eigenvalue weighted by Gasteiger charge is 2.28. The van der Waals surface area contributed by atoms with E-state index in [4.69, 9.17) is 9.15 Å². The van der Waals surface area contributed by atoms with Crippen LogP contribution in [0.25, 0.3) is 11.0 Å². The fourth-order valence-corrected chi connectivity index (χ4v) is 3.88. The fraction of sp³-hybridized carbons (Fsp3) is 0.348. The SMILES string of the molecule is CN(C(=O)c1oc2ccccc2c1COc1ccccc1)C1CCCCC1. The van der Waals surface area contributed by atoms with Gasteiger partial charge in [-0.15, -0.1) is 0 Å². The van der Waals surface area contributed by atoms with E-state index in [-0.39, 0.29) is 5.91 Å². The van der Waals surface area contributed by atoms with Crippen molar-refractivity contribution in [2.45, 2.75) is 44.8 Å². The lowest BCUT2D eigenvalue weighted by atomic mass is 9.94. The van der Waals surface area contributed by atoms with Gasteiger partial charge in [-0.25, -0.2) is 0 Å². The molecule has 3 aromatic rings. The summed E-state index contributed by atoms with van der Waals surface area (Å²) in [5, 5.41) is 0.939. The van der Waals surface area contributed by atoms with Gasteiger partial charge in [0, 0.05) is 24.0 Å². The van der Waals surface area contributed by atoms with E-state index in [0.29, 0.717) is 18.4 Å². The van der Waals surface area contributed by atoms with Gasteiger partial charge in [0.25, 0.3) is 5.91 Å². The Hall–Kier alpha value is -2.75. The summed E-state index contributed by atoms with van der Waals surface area (Å²) in [6, 6.07) is 17.7. The number of rotatable bonds is 5. The zero-order valence-electron chi connectivity index (χ0n) is 15.7. The Balaban J connectivity index is 1.63. The lowest BCUT2D eigenvalue weighted by molar-refractivity contribution is 0.0663. The quantitative estimate of drug-likeness (QED) is 0.608. The molecule has 1 aliphatic carbocycles. The monoisotopic (exact) mass is 363 g/mol. The van der Waals surface area contributed by atoms with Gasteiger partial charge in [0.2, 0.25) is 0 Å². The van der Waals surface area contributed by atoms with Crippen LogP contribution in [0.15, 0.2) is 59.0 Å². The molecule has 1 fully saturated rings.